The number of nitrogens with two attached hydrogens (primary N) is 1. The maximum atomic E-state index is 6.07. The molecule has 3 N–H and O–H groups in total. The van der Waals surface area contributed by atoms with Crippen LogP contribution in [0.1, 0.15) is 0 Å². The lowest BCUT2D eigenvalue weighted by molar-refractivity contribution is 0.842. The summed E-state index contributed by atoms with van der Waals surface area (Å²) in [7, 11) is 0. The molecule has 0 spiro atoms. The van der Waals surface area contributed by atoms with Crippen molar-refractivity contribution in [3.8, 4) is 17.2 Å². The number of imidazole rings is 1. The van der Waals surface area contributed by atoms with E-state index in [1.165, 1.54) is 0 Å². The van der Waals surface area contributed by atoms with Gasteiger partial charge in [-0.25, -0.2) is 4.98 Å². The van der Waals surface area contributed by atoms with E-state index in [1.807, 2.05) is 60.7 Å². The third-order valence-electron chi connectivity index (χ3n) is 3.38. The van der Waals surface area contributed by atoms with Crippen molar-refractivity contribution >= 4 is 16.9 Å². The summed E-state index contributed by atoms with van der Waals surface area (Å²) in [5.74, 6) is 1.17. The number of aromatic amines is 1. The molecule has 0 atom stereocenters. The molecule has 0 saturated heterocycles. The molecule has 4 rings (SSSR count). The van der Waals surface area contributed by atoms with Crippen LogP contribution in [-0.2, 0) is 0 Å². The van der Waals surface area contributed by atoms with Crippen LogP contribution in [0, 0.1) is 0 Å². The summed E-state index contributed by atoms with van der Waals surface area (Å²) in [6.07, 6.45) is 0. The maximum Gasteiger partial charge on any atom is 0.231 e. The summed E-state index contributed by atoms with van der Waals surface area (Å²) in [4.78, 5) is 7.74. The van der Waals surface area contributed by atoms with E-state index in [0.29, 0.717) is 11.8 Å². The van der Waals surface area contributed by atoms with E-state index in [2.05, 4.69) is 15.1 Å². The van der Waals surface area contributed by atoms with Crippen LogP contribution in [0.4, 0.5) is 5.82 Å². The van der Waals surface area contributed by atoms with Gasteiger partial charge in [0.2, 0.25) is 5.95 Å². The Kier molecular flexibility index (Phi) is 2.50. The molecule has 5 nitrogen and oxygen atoms in total. The third kappa shape index (κ3) is 1.95. The summed E-state index contributed by atoms with van der Waals surface area (Å²) in [5.41, 5.74) is 9.78. The first-order valence-corrected chi connectivity index (χ1v) is 6.67. The number of rotatable bonds is 2. The van der Waals surface area contributed by atoms with Crippen molar-refractivity contribution in [1.82, 2.24) is 19.7 Å². The Morgan fingerprint density at radius 2 is 1.71 bits per heavy atom. The highest BCUT2D eigenvalue weighted by atomic mass is 15.4. The molecule has 0 unspecified atom stereocenters. The second kappa shape index (κ2) is 4.49. The van der Waals surface area contributed by atoms with Crippen molar-refractivity contribution in [3.63, 3.8) is 0 Å². The number of H-pyrrole nitrogens is 1. The number of benzene rings is 2. The van der Waals surface area contributed by atoms with Crippen molar-refractivity contribution in [2.75, 3.05) is 5.73 Å². The Bertz CT molecular complexity index is 872. The number of hydrogen-bond donors (Lipinski definition) is 2. The first kappa shape index (κ1) is 11.7. The molecule has 2 aromatic heterocycles. The lowest BCUT2D eigenvalue weighted by atomic mass is 10.2. The van der Waals surface area contributed by atoms with Gasteiger partial charge < -0.3 is 10.7 Å². The summed E-state index contributed by atoms with van der Waals surface area (Å²) in [6.45, 7) is 0. The maximum absolute atomic E-state index is 6.07. The molecule has 0 fully saturated rings. The topological polar surface area (TPSA) is 72.5 Å². The van der Waals surface area contributed by atoms with Crippen molar-refractivity contribution < 1.29 is 0 Å². The minimum absolute atomic E-state index is 0.549. The summed E-state index contributed by atoms with van der Waals surface area (Å²) < 4.78 is 1.63. The zero-order chi connectivity index (χ0) is 14.2. The van der Waals surface area contributed by atoms with Gasteiger partial charge in [-0.1, -0.05) is 42.5 Å². The van der Waals surface area contributed by atoms with Gasteiger partial charge in [0.15, 0.2) is 0 Å². The number of anilines is 1. The van der Waals surface area contributed by atoms with Gasteiger partial charge in [-0.2, -0.15) is 9.78 Å². The molecular weight excluding hydrogens is 262 g/mol. The van der Waals surface area contributed by atoms with Gasteiger partial charge in [0.1, 0.15) is 5.82 Å². The van der Waals surface area contributed by atoms with Gasteiger partial charge >= 0.3 is 0 Å². The number of nitrogens with zero attached hydrogens (tertiary/aromatic N) is 3. The number of hydrogen-bond acceptors (Lipinski definition) is 3. The van der Waals surface area contributed by atoms with E-state index in [-0.39, 0.29) is 0 Å². The fourth-order valence-corrected chi connectivity index (χ4v) is 2.35. The highest BCUT2D eigenvalue weighted by Crippen LogP contribution is 2.22. The fourth-order valence-electron chi connectivity index (χ4n) is 2.35. The Hall–Kier alpha value is -3.08. The molecule has 0 amide bonds. The van der Waals surface area contributed by atoms with Gasteiger partial charge in [0.25, 0.3) is 0 Å². The third-order valence-corrected chi connectivity index (χ3v) is 3.38. The molecule has 5 heteroatoms. The number of fused-ring (bicyclic) bond motifs is 1. The van der Waals surface area contributed by atoms with Gasteiger partial charge in [-0.15, -0.1) is 0 Å². The first-order valence-electron chi connectivity index (χ1n) is 6.67. The fraction of sp³-hybridized carbons (Fsp3) is 0. The van der Waals surface area contributed by atoms with Crippen LogP contribution in [0.25, 0.3) is 28.2 Å². The van der Waals surface area contributed by atoms with E-state index >= 15 is 0 Å². The predicted molar refractivity (Wildman–Crippen MR) is 83.1 cm³/mol. The Morgan fingerprint density at radius 3 is 2.52 bits per heavy atom. The van der Waals surface area contributed by atoms with Gasteiger partial charge in [0.05, 0.1) is 16.7 Å². The van der Waals surface area contributed by atoms with Crippen molar-refractivity contribution in [2.45, 2.75) is 0 Å². The molecule has 0 bridgehead atoms. The average Bonchev–Trinajstić information content (AvgIpc) is 3.11. The molecule has 102 valence electrons. The molecule has 2 aromatic carbocycles. The normalized spacial score (nSPS) is 11.0. The molecule has 4 aromatic rings. The van der Waals surface area contributed by atoms with Gasteiger partial charge in [-0.3, -0.25) is 0 Å². The van der Waals surface area contributed by atoms with Gasteiger partial charge in [0, 0.05) is 11.6 Å². The molecule has 0 aliphatic carbocycles. The van der Waals surface area contributed by atoms with Gasteiger partial charge in [-0.05, 0) is 12.1 Å². The standard InChI is InChI=1S/C16H13N5/c17-15-10-14(11-6-2-1-3-7-11)20-21(15)16-18-12-8-4-5-9-13(12)19-16/h1-10H,17H2,(H,18,19). The van der Waals surface area contributed by atoms with Crippen molar-refractivity contribution in [2.24, 2.45) is 0 Å². The van der Waals surface area contributed by atoms with Crippen molar-refractivity contribution in [1.29, 1.82) is 0 Å². The first-order chi connectivity index (χ1) is 10.3. The summed E-state index contributed by atoms with van der Waals surface area (Å²) in [5, 5.41) is 4.54. The molecular formula is C16H13N5. The zero-order valence-corrected chi connectivity index (χ0v) is 11.2. The Morgan fingerprint density at radius 1 is 0.952 bits per heavy atom. The predicted octanol–water partition coefficient (Wildman–Crippen LogP) is 3.00. The van der Waals surface area contributed by atoms with E-state index in [1.54, 1.807) is 4.68 Å². The minimum Gasteiger partial charge on any atom is -0.383 e. The average molecular weight is 275 g/mol. The molecule has 0 aliphatic heterocycles. The molecule has 2 heterocycles. The van der Waals surface area contributed by atoms with E-state index in [4.69, 9.17) is 5.73 Å². The van der Waals surface area contributed by atoms with Crippen LogP contribution < -0.4 is 5.73 Å². The van der Waals surface area contributed by atoms with E-state index in [9.17, 15) is 0 Å². The largest absolute Gasteiger partial charge is 0.383 e. The van der Waals surface area contributed by atoms with Crippen LogP contribution >= 0.6 is 0 Å². The van der Waals surface area contributed by atoms with Crippen LogP contribution in [0.5, 0.6) is 0 Å². The van der Waals surface area contributed by atoms with Crippen molar-refractivity contribution in [3.05, 3.63) is 60.7 Å². The van der Waals surface area contributed by atoms with Crippen LogP contribution in [0.3, 0.4) is 0 Å². The lowest BCUT2D eigenvalue weighted by Crippen LogP contribution is -2.03. The number of nitrogens with one attached hydrogen (secondary N) is 1. The minimum atomic E-state index is 0.549. The van der Waals surface area contributed by atoms with E-state index < -0.39 is 0 Å². The van der Waals surface area contributed by atoms with Crippen LogP contribution in [0.15, 0.2) is 60.7 Å². The summed E-state index contributed by atoms with van der Waals surface area (Å²) >= 11 is 0. The molecule has 21 heavy (non-hydrogen) atoms. The quantitative estimate of drug-likeness (QED) is 0.590. The second-order valence-corrected chi connectivity index (χ2v) is 4.81. The molecule has 0 radical (unpaired) electrons. The van der Waals surface area contributed by atoms with Crippen LogP contribution in [-0.4, -0.2) is 19.7 Å². The monoisotopic (exact) mass is 275 g/mol. The van der Waals surface area contributed by atoms with E-state index in [0.717, 1.165) is 22.3 Å². The highest BCUT2D eigenvalue weighted by Gasteiger charge is 2.11. The van der Waals surface area contributed by atoms with Crippen LogP contribution in [0.2, 0.25) is 0 Å². The zero-order valence-electron chi connectivity index (χ0n) is 11.2. The number of aromatic nitrogens is 4. The number of nitrogen functional groups attached to an aromatic ring is 1. The smallest absolute Gasteiger partial charge is 0.231 e. The Labute approximate surface area is 121 Å². The molecule has 0 aliphatic rings. The Balaban J connectivity index is 1.84. The SMILES string of the molecule is Nc1cc(-c2ccccc2)nn1-c1nc2ccccc2[nH]1. The summed E-state index contributed by atoms with van der Waals surface area (Å²) in [6, 6.07) is 19.6. The highest BCUT2D eigenvalue weighted by molar-refractivity contribution is 5.76. The second-order valence-electron chi connectivity index (χ2n) is 4.81. The number of para-hydroxylation sites is 2. The molecule has 0 saturated carbocycles. The lowest BCUT2D eigenvalue weighted by Gasteiger charge is -1.97.